The Kier molecular flexibility index (Phi) is 5.84. The number of H-pyrrole nitrogens is 1. The van der Waals surface area contributed by atoms with E-state index in [1.165, 1.54) is 17.0 Å². The van der Waals surface area contributed by atoms with E-state index in [2.05, 4.69) is 4.98 Å². The van der Waals surface area contributed by atoms with E-state index >= 15 is 0 Å². The Bertz CT molecular complexity index is 1080. The average Bonchev–Trinajstić information content (AvgIpc) is 2.69. The Hall–Kier alpha value is -3.48. The van der Waals surface area contributed by atoms with Crippen molar-refractivity contribution in [3.63, 3.8) is 0 Å². The van der Waals surface area contributed by atoms with E-state index in [4.69, 9.17) is 4.74 Å². The van der Waals surface area contributed by atoms with Crippen molar-refractivity contribution in [2.75, 3.05) is 13.2 Å². The second-order valence-electron chi connectivity index (χ2n) is 6.21. The van der Waals surface area contributed by atoms with Crippen LogP contribution in [0, 0.1) is 5.82 Å². The van der Waals surface area contributed by atoms with Crippen LogP contribution in [0.5, 0.6) is 0 Å². The first-order valence-corrected chi connectivity index (χ1v) is 8.79. The van der Waals surface area contributed by atoms with E-state index in [1.54, 1.807) is 43.3 Å². The fraction of sp³-hybridized carbons (Fsp3) is 0.190. The van der Waals surface area contributed by atoms with Crippen LogP contribution in [0.15, 0.2) is 59.4 Å². The molecule has 0 bridgehead atoms. The molecule has 0 saturated carbocycles. The highest BCUT2D eigenvalue weighted by molar-refractivity contribution is 6.03. The van der Waals surface area contributed by atoms with Crippen molar-refractivity contribution in [2.45, 2.75) is 13.5 Å². The molecule has 28 heavy (non-hydrogen) atoms. The average molecular weight is 382 g/mol. The number of halogens is 1. The van der Waals surface area contributed by atoms with Crippen LogP contribution < -0.4 is 5.56 Å². The maximum absolute atomic E-state index is 13.3. The molecule has 0 spiro atoms. The highest BCUT2D eigenvalue weighted by Crippen LogP contribution is 2.15. The van der Waals surface area contributed by atoms with Crippen molar-refractivity contribution >= 4 is 22.8 Å². The number of benzene rings is 2. The molecule has 144 valence electrons. The van der Waals surface area contributed by atoms with Gasteiger partial charge in [-0.25, -0.2) is 9.18 Å². The van der Waals surface area contributed by atoms with Gasteiger partial charge in [0.1, 0.15) is 5.82 Å². The van der Waals surface area contributed by atoms with Gasteiger partial charge < -0.3 is 14.6 Å². The Morgan fingerprint density at radius 2 is 1.89 bits per heavy atom. The monoisotopic (exact) mass is 382 g/mol. The van der Waals surface area contributed by atoms with Crippen LogP contribution in [0.25, 0.3) is 10.9 Å². The maximum atomic E-state index is 13.3. The van der Waals surface area contributed by atoms with E-state index < -0.39 is 24.0 Å². The Balaban J connectivity index is 1.70. The quantitative estimate of drug-likeness (QED) is 0.665. The number of nitrogens with zero attached hydrogens (tertiary/aromatic N) is 1. The van der Waals surface area contributed by atoms with E-state index in [9.17, 15) is 18.8 Å². The summed E-state index contributed by atoms with van der Waals surface area (Å²) < 4.78 is 18.5. The fourth-order valence-electron chi connectivity index (χ4n) is 2.90. The summed E-state index contributed by atoms with van der Waals surface area (Å²) in [4.78, 5) is 40.7. The third-order valence-corrected chi connectivity index (χ3v) is 4.29. The molecule has 2 aromatic carbocycles. The molecule has 1 aromatic heterocycles. The van der Waals surface area contributed by atoms with E-state index in [-0.39, 0.29) is 17.9 Å². The van der Waals surface area contributed by atoms with Crippen molar-refractivity contribution in [1.29, 1.82) is 0 Å². The van der Waals surface area contributed by atoms with Gasteiger partial charge in [-0.3, -0.25) is 9.59 Å². The summed E-state index contributed by atoms with van der Waals surface area (Å²) in [5.41, 5.74) is 0.815. The van der Waals surface area contributed by atoms with Crippen LogP contribution in [-0.4, -0.2) is 34.9 Å². The normalized spacial score (nSPS) is 10.6. The zero-order chi connectivity index (χ0) is 20.1. The van der Waals surface area contributed by atoms with Crippen molar-refractivity contribution in [1.82, 2.24) is 9.88 Å². The predicted molar refractivity (Wildman–Crippen MR) is 102 cm³/mol. The van der Waals surface area contributed by atoms with Gasteiger partial charge in [0.15, 0.2) is 6.61 Å². The summed E-state index contributed by atoms with van der Waals surface area (Å²) in [6.07, 6.45) is 0. The van der Waals surface area contributed by atoms with Crippen molar-refractivity contribution < 1.29 is 18.7 Å². The zero-order valence-corrected chi connectivity index (χ0v) is 15.3. The second kappa shape index (κ2) is 8.47. The number of esters is 1. The number of amides is 1. The van der Waals surface area contributed by atoms with Crippen molar-refractivity contribution in [2.24, 2.45) is 0 Å². The molecular formula is C21H19FN2O4. The van der Waals surface area contributed by atoms with Crippen LogP contribution >= 0.6 is 0 Å². The molecule has 0 saturated heterocycles. The van der Waals surface area contributed by atoms with Crippen LogP contribution in [0.1, 0.15) is 22.8 Å². The first-order chi connectivity index (χ1) is 13.5. The maximum Gasteiger partial charge on any atom is 0.339 e. The molecule has 0 aliphatic rings. The SMILES string of the molecule is CCN(Cc1cccc(F)c1)C(=O)COC(=O)c1cc(=O)[nH]c2ccccc12. The lowest BCUT2D eigenvalue weighted by molar-refractivity contribution is -0.134. The number of para-hydroxylation sites is 1. The topological polar surface area (TPSA) is 79.5 Å². The standard InChI is InChI=1S/C21H19FN2O4/c1-2-24(12-14-6-5-7-15(22)10-14)20(26)13-28-21(27)17-11-19(25)23-18-9-4-3-8-16(17)18/h3-11H,2,12-13H2,1H3,(H,23,25). The molecule has 0 radical (unpaired) electrons. The number of rotatable bonds is 6. The summed E-state index contributed by atoms with van der Waals surface area (Å²) in [5, 5.41) is 0.534. The third-order valence-electron chi connectivity index (χ3n) is 4.29. The van der Waals surface area contributed by atoms with Crippen LogP contribution in [0.2, 0.25) is 0 Å². The number of likely N-dealkylation sites (N-methyl/N-ethyl adjacent to an activating group) is 1. The zero-order valence-electron chi connectivity index (χ0n) is 15.3. The second-order valence-corrected chi connectivity index (χ2v) is 6.21. The van der Waals surface area contributed by atoms with Crippen LogP contribution in [0.4, 0.5) is 4.39 Å². The molecule has 0 fully saturated rings. The first kappa shape index (κ1) is 19.3. The van der Waals surface area contributed by atoms with Crippen LogP contribution in [0.3, 0.4) is 0 Å². The van der Waals surface area contributed by atoms with E-state index in [0.29, 0.717) is 23.0 Å². The smallest absolute Gasteiger partial charge is 0.339 e. The number of hydrogen-bond donors (Lipinski definition) is 1. The fourth-order valence-corrected chi connectivity index (χ4v) is 2.90. The van der Waals surface area contributed by atoms with Gasteiger partial charge in [-0.15, -0.1) is 0 Å². The number of nitrogens with one attached hydrogen (secondary N) is 1. The summed E-state index contributed by atoms with van der Waals surface area (Å²) >= 11 is 0. The number of ether oxygens (including phenoxy) is 1. The van der Waals surface area contributed by atoms with Gasteiger partial charge in [0, 0.05) is 30.1 Å². The number of carbonyl (C=O) groups is 2. The highest BCUT2D eigenvalue weighted by Gasteiger charge is 2.18. The minimum Gasteiger partial charge on any atom is -0.452 e. The molecule has 1 N–H and O–H groups in total. The molecule has 0 unspecified atom stereocenters. The van der Waals surface area contributed by atoms with Gasteiger partial charge >= 0.3 is 5.97 Å². The van der Waals surface area contributed by atoms with Gasteiger partial charge in [0.25, 0.3) is 5.91 Å². The Morgan fingerprint density at radius 1 is 1.11 bits per heavy atom. The number of hydrogen-bond acceptors (Lipinski definition) is 4. The molecule has 7 heteroatoms. The van der Waals surface area contributed by atoms with E-state index in [0.717, 1.165) is 6.07 Å². The molecular weight excluding hydrogens is 363 g/mol. The lowest BCUT2D eigenvalue weighted by atomic mass is 10.1. The van der Waals surface area contributed by atoms with Gasteiger partial charge in [-0.2, -0.15) is 0 Å². The molecule has 3 aromatic rings. The Labute approximate surface area is 160 Å². The Morgan fingerprint density at radius 3 is 2.64 bits per heavy atom. The van der Waals surface area contributed by atoms with Crippen LogP contribution in [-0.2, 0) is 16.1 Å². The lowest BCUT2D eigenvalue weighted by Gasteiger charge is -2.21. The molecule has 3 rings (SSSR count). The molecule has 0 aliphatic carbocycles. The number of aromatic amines is 1. The van der Waals surface area contributed by atoms with Gasteiger partial charge in [-0.05, 0) is 30.7 Å². The summed E-state index contributed by atoms with van der Waals surface area (Å²) in [6, 6.07) is 14.0. The number of carbonyl (C=O) groups excluding carboxylic acids is 2. The van der Waals surface area contributed by atoms with E-state index in [1.807, 2.05) is 0 Å². The summed E-state index contributed by atoms with van der Waals surface area (Å²) in [5.74, 6) is -1.54. The third kappa shape index (κ3) is 4.43. The van der Waals surface area contributed by atoms with Crippen molar-refractivity contribution in [3.05, 3.63) is 81.9 Å². The van der Waals surface area contributed by atoms with Crippen molar-refractivity contribution in [3.8, 4) is 0 Å². The minimum atomic E-state index is -0.752. The predicted octanol–water partition coefficient (Wildman–Crippen LogP) is 2.87. The molecule has 1 amide bonds. The summed E-state index contributed by atoms with van der Waals surface area (Å²) in [6.45, 7) is 1.89. The number of fused-ring (bicyclic) bond motifs is 1. The molecule has 0 atom stereocenters. The molecule has 1 heterocycles. The summed E-state index contributed by atoms with van der Waals surface area (Å²) in [7, 11) is 0. The minimum absolute atomic E-state index is 0.0975. The van der Waals surface area contributed by atoms with Gasteiger partial charge in [0.05, 0.1) is 5.56 Å². The highest BCUT2D eigenvalue weighted by atomic mass is 19.1. The van der Waals surface area contributed by atoms with Gasteiger partial charge in [-0.1, -0.05) is 30.3 Å². The first-order valence-electron chi connectivity index (χ1n) is 8.79. The molecule has 0 aliphatic heterocycles. The number of pyridine rings is 1. The lowest BCUT2D eigenvalue weighted by Crippen LogP contribution is -2.34. The van der Waals surface area contributed by atoms with Gasteiger partial charge in [0.2, 0.25) is 5.56 Å². The largest absolute Gasteiger partial charge is 0.452 e. The molecule has 6 nitrogen and oxygen atoms in total. The number of aromatic nitrogens is 1.